The zero-order chi connectivity index (χ0) is 11.5. The lowest BCUT2D eigenvalue weighted by molar-refractivity contribution is -0.0266. The number of nitrogens with zero attached hydrogens (tertiary/aromatic N) is 1. The van der Waals surface area contributed by atoms with E-state index in [-0.39, 0.29) is 18.9 Å². The molecule has 1 unspecified atom stereocenters. The number of rotatable bonds is 3. The molecule has 0 radical (unpaired) electrons. The molecule has 1 aromatic rings. The van der Waals surface area contributed by atoms with Gasteiger partial charge in [0.1, 0.15) is 6.23 Å². The SMILES string of the molecule is CC(C)N1C[C@@H](CO)OC1c1ccccc1. The molecule has 16 heavy (non-hydrogen) atoms. The number of benzene rings is 1. The van der Waals surface area contributed by atoms with Gasteiger partial charge >= 0.3 is 0 Å². The van der Waals surface area contributed by atoms with Crippen molar-refractivity contribution in [1.29, 1.82) is 0 Å². The predicted octanol–water partition coefficient (Wildman–Crippen LogP) is 1.79. The largest absolute Gasteiger partial charge is 0.394 e. The minimum absolute atomic E-state index is 0.0154. The van der Waals surface area contributed by atoms with E-state index in [1.54, 1.807) is 0 Å². The molecule has 0 spiro atoms. The molecule has 0 bridgehead atoms. The summed E-state index contributed by atoms with van der Waals surface area (Å²) in [6.45, 7) is 5.19. The van der Waals surface area contributed by atoms with Crippen LogP contribution in [0, 0.1) is 0 Å². The van der Waals surface area contributed by atoms with Crippen molar-refractivity contribution in [1.82, 2.24) is 4.90 Å². The lowest BCUT2D eigenvalue weighted by atomic mass is 10.1. The Balaban J connectivity index is 2.19. The molecule has 1 aliphatic rings. The van der Waals surface area contributed by atoms with E-state index in [9.17, 15) is 5.11 Å². The van der Waals surface area contributed by atoms with E-state index in [1.165, 1.54) is 0 Å². The molecular formula is C13H19NO2. The first-order valence-electron chi connectivity index (χ1n) is 5.79. The second-order valence-electron chi connectivity index (χ2n) is 4.49. The molecule has 88 valence electrons. The van der Waals surface area contributed by atoms with Gasteiger partial charge < -0.3 is 9.84 Å². The highest BCUT2D eigenvalue weighted by Crippen LogP contribution is 2.31. The van der Waals surface area contributed by atoms with Crippen molar-refractivity contribution in [2.45, 2.75) is 32.2 Å². The summed E-state index contributed by atoms with van der Waals surface area (Å²) in [6, 6.07) is 10.6. The van der Waals surface area contributed by atoms with E-state index in [1.807, 2.05) is 18.2 Å². The van der Waals surface area contributed by atoms with Gasteiger partial charge in [0.2, 0.25) is 0 Å². The van der Waals surface area contributed by atoms with Crippen molar-refractivity contribution < 1.29 is 9.84 Å². The average Bonchev–Trinajstić information content (AvgIpc) is 2.74. The highest BCUT2D eigenvalue weighted by Gasteiger charge is 2.34. The molecule has 3 heteroatoms. The van der Waals surface area contributed by atoms with Gasteiger partial charge in [-0.25, -0.2) is 0 Å². The molecule has 2 atom stereocenters. The smallest absolute Gasteiger partial charge is 0.137 e. The zero-order valence-corrected chi connectivity index (χ0v) is 9.84. The van der Waals surface area contributed by atoms with Crippen LogP contribution in [0.3, 0.4) is 0 Å². The first-order valence-corrected chi connectivity index (χ1v) is 5.79. The lowest BCUT2D eigenvalue weighted by Crippen LogP contribution is -2.32. The molecule has 0 aliphatic carbocycles. The van der Waals surface area contributed by atoms with E-state index in [0.717, 1.165) is 12.1 Å². The van der Waals surface area contributed by atoms with Gasteiger partial charge in [0, 0.05) is 12.6 Å². The fraction of sp³-hybridized carbons (Fsp3) is 0.538. The normalized spacial score (nSPS) is 26.5. The van der Waals surface area contributed by atoms with Crippen molar-refractivity contribution in [3.63, 3.8) is 0 Å². The third kappa shape index (κ3) is 2.26. The average molecular weight is 221 g/mol. The van der Waals surface area contributed by atoms with E-state index in [0.29, 0.717) is 6.04 Å². The fourth-order valence-electron chi connectivity index (χ4n) is 2.10. The Hall–Kier alpha value is -0.900. The lowest BCUT2D eigenvalue weighted by Gasteiger charge is -2.26. The van der Waals surface area contributed by atoms with Crippen LogP contribution in [-0.4, -0.2) is 35.3 Å². The third-order valence-corrected chi connectivity index (χ3v) is 2.99. The Kier molecular flexibility index (Phi) is 3.59. The minimum atomic E-state index is -0.0624. The molecule has 1 fully saturated rings. The Labute approximate surface area is 96.6 Å². The summed E-state index contributed by atoms with van der Waals surface area (Å²) in [7, 11) is 0. The van der Waals surface area contributed by atoms with Gasteiger partial charge in [0.25, 0.3) is 0 Å². The number of hydrogen-bond donors (Lipinski definition) is 1. The summed E-state index contributed by atoms with van der Waals surface area (Å²) < 4.78 is 5.85. The van der Waals surface area contributed by atoms with Crippen molar-refractivity contribution in [3.8, 4) is 0 Å². The van der Waals surface area contributed by atoms with Gasteiger partial charge in [0.05, 0.1) is 12.7 Å². The maximum atomic E-state index is 9.18. The molecule has 0 aromatic heterocycles. The quantitative estimate of drug-likeness (QED) is 0.844. The van der Waals surface area contributed by atoms with Gasteiger partial charge in [-0.15, -0.1) is 0 Å². The molecule has 1 heterocycles. The Morgan fingerprint density at radius 1 is 1.38 bits per heavy atom. The van der Waals surface area contributed by atoms with E-state index >= 15 is 0 Å². The van der Waals surface area contributed by atoms with Crippen LogP contribution in [-0.2, 0) is 4.74 Å². The Bertz CT molecular complexity index is 326. The molecule has 1 aliphatic heterocycles. The number of ether oxygens (including phenoxy) is 1. The van der Waals surface area contributed by atoms with Gasteiger partial charge in [-0.3, -0.25) is 4.90 Å². The summed E-state index contributed by atoms with van der Waals surface area (Å²) in [5.41, 5.74) is 1.16. The maximum Gasteiger partial charge on any atom is 0.137 e. The van der Waals surface area contributed by atoms with Crippen molar-refractivity contribution >= 4 is 0 Å². The van der Waals surface area contributed by atoms with Crippen molar-refractivity contribution in [3.05, 3.63) is 35.9 Å². The highest BCUT2D eigenvalue weighted by atomic mass is 16.5. The minimum Gasteiger partial charge on any atom is -0.394 e. The molecule has 1 N–H and O–H groups in total. The molecule has 0 saturated carbocycles. The summed E-state index contributed by atoms with van der Waals surface area (Å²) in [5, 5.41) is 9.18. The van der Waals surface area contributed by atoms with E-state index in [2.05, 4.69) is 30.9 Å². The van der Waals surface area contributed by atoms with E-state index in [4.69, 9.17) is 4.74 Å². The topological polar surface area (TPSA) is 32.7 Å². The van der Waals surface area contributed by atoms with Crippen LogP contribution in [0.15, 0.2) is 30.3 Å². The maximum absolute atomic E-state index is 9.18. The monoisotopic (exact) mass is 221 g/mol. The predicted molar refractivity (Wildman–Crippen MR) is 63.0 cm³/mol. The second kappa shape index (κ2) is 4.95. The van der Waals surface area contributed by atoms with Gasteiger partial charge in [-0.2, -0.15) is 0 Å². The van der Waals surface area contributed by atoms with Crippen LogP contribution in [0.25, 0.3) is 0 Å². The second-order valence-corrected chi connectivity index (χ2v) is 4.49. The highest BCUT2D eigenvalue weighted by molar-refractivity contribution is 5.18. The summed E-state index contributed by atoms with van der Waals surface area (Å²) in [4.78, 5) is 2.27. The first-order chi connectivity index (χ1) is 7.72. The number of aliphatic hydroxyl groups excluding tert-OH is 1. The van der Waals surface area contributed by atoms with Crippen LogP contribution < -0.4 is 0 Å². The molecule has 1 saturated heterocycles. The Morgan fingerprint density at radius 2 is 2.06 bits per heavy atom. The summed E-state index contributed by atoms with van der Waals surface area (Å²) in [6.07, 6.45) is -0.0778. The summed E-state index contributed by atoms with van der Waals surface area (Å²) >= 11 is 0. The zero-order valence-electron chi connectivity index (χ0n) is 9.84. The first kappa shape index (κ1) is 11.6. The molecule has 1 aromatic carbocycles. The van der Waals surface area contributed by atoms with Gasteiger partial charge in [-0.1, -0.05) is 30.3 Å². The van der Waals surface area contributed by atoms with E-state index < -0.39 is 0 Å². The van der Waals surface area contributed by atoms with Crippen LogP contribution >= 0.6 is 0 Å². The summed E-state index contributed by atoms with van der Waals surface area (Å²) in [5.74, 6) is 0. The molecule has 0 amide bonds. The Morgan fingerprint density at radius 3 is 2.62 bits per heavy atom. The van der Waals surface area contributed by atoms with Gasteiger partial charge in [-0.05, 0) is 19.4 Å². The molecule has 2 rings (SSSR count). The third-order valence-electron chi connectivity index (χ3n) is 2.99. The van der Waals surface area contributed by atoms with Crippen LogP contribution in [0.4, 0.5) is 0 Å². The van der Waals surface area contributed by atoms with Crippen LogP contribution in [0.5, 0.6) is 0 Å². The van der Waals surface area contributed by atoms with Gasteiger partial charge in [0.15, 0.2) is 0 Å². The van der Waals surface area contributed by atoms with Crippen molar-refractivity contribution in [2.24, 2.45) is 0 Å². The molecule has 3 nitrogen and oxygen atoms in total. The van der Waals surface area contributed by atoms with Crippen molar-refractivity contribution in [2.75, 3.05) is 13.2 Å². The fourth-order valence-corrected chi connectivity index (χ4v) is 2.10. The number of aliphatic hydroxyl groups is 1. The number of hydrogen-bond acceptors (Lipinski definition) is 3. The standard InChI is InChI=1S/C13H19NO2/c1-10(2)14-8-12(9-15)16-13(14)11-6-4-3-5-7-11/h3-7,10,12-13,15H,8-9H2,1-2H3/t12-,13?/m0/s1. The van der Waals surface area contributed by atoms with Crippen LogP contribution in [0.2, 0.25) is 0 Å². The molecular weight excluding hydrogens is 202 g/mol. The van der Waals surface area contributed by atoms with Crippen LogP contribution in [0.1, 0.15) is 25.6 Å².